The third-order valence-corrected chi connectivity index (χ3v) is 3.71. The molecule has 5 heteroatoms. The van der Waals surface area contributed by atoms with Crippen LogP contribution in [0.1, 0.15) is 0 Å². The number of hydrogen-bond acceptors (Lipinski definition) is 3. The van der Waals surface area contributed by atoms with Gasteiger partial charge in [0.25, 0.3) is 5.22 Å². The largest absolute Gasteiger partial charge is 0.431 e. The zero-order valence-electron chi connectivity index (χ0n) is 10.2. The summed E-state index contributed by atoms with van der Waals surface area (Å²) < 4.78 is 5.60. The number of thiol groups is 1. The molecule has 0 atom stereocenters. The minimum Gasteiger partial charge on any atom is -0.431 e. The van der Waals surface area contributed by atoms with Crippen molar-refractivity contribution in [2.45, 2.75) is 5.22 Å². The number of rotatable bonds is 2. The number of benzene rings is 2. The van der Waals surface area contributed by atoms with Crippen LogP contribution in [0.25, 0.3) is 22.6 Å². The van der Waals surface area contributed by atoms with Gasteiger partial charge in [0.2, 0.25) is 0 Å². The number of halogens is 2. The molecule has 0 N–H and O–H groups in total. The van der Waals surface area contributed by atoms with Crippen LogP contribution < -0.4 is 0 Å². The lowest BCUT2D eigenvalue weighted by molar-refractivity contribution is 0.468. The van der Waals surface area contributed by atoms with Crippen molar-refractivity contribution < 1.29 is 4.42 Å². The second-order valence-corrected chi connectivity index (χ2v) is 5.33. The van der Waals surface area contributed by atoms with Gasteiger partial charge in [-0.05, 0) is 18.2 Å². The van der Waals surface area contributed by atoms with E-state index in [2.05, 4.69) is 17.6 Å². The molecular formula is C15H9Cl2NOS. The highest BCUT2D eigenvalue weighted by Crippen LogP contribution is 2.39. The summed E-state index contributed by atoms with van der Waals surface area (Å²) in [4.78, 5) is 4.31. The molecule has 0 unspecified atom stereocenters. The Bertz CT molecular complexity index is 707. The van der Waals surface area contributed by atoms with Crippen LogP contribution in [0.4, 0.5) is 0 Å². The molecule has 3 rings (SSSR count). The van der Waals surface area contributed by atoms with Gasteiger partial charge in [0, 0.05) is 11.1 Å². The van der Waals surface area contributed by atoms with Gasteiger partial charge in [0.15, 0.2) is 5.76 Å². The van der Waals surface area contributed by atoms with Crippen LogP contribution >= 0.6 is 35.8 Å². The lowest BCUT2D eigenvalue weighted by Crippen LogP contribution is -1.84. The standard InChI is InChI=1S/C15H9Cl2NOS/c16-11-7-3-1-5-9(11)13-14(19-15(20)18-13)10-6-2-4-8-12(10)17/h1-8H,(H,18,20). The van der Waals surface area contributed by atoms with Gasteiger partial charge in [-0.15, -0.1) is 0 Å². The van der Waals surface area contributed by atoms with Crippen LogP contribution in [0, 0.1) is 0 Å². The molecule has 0 aliphatic carbocycles. The number of oxazole rings is 1. The molecule has 0 bridgehead atoms. The molecule has 0 aliphatic heterocycles. The smallest absolute Gasteiger partial charge is 0.253 e. The summed E-state index contributed by atoms with van der Waals surface area (Å²) in [7, 11) is 0. The minimum absolute atomic E-state index is 0.273. The normalized spacial score (nSPS) is 10.8. The van der Waals surface area contributed by atoms with Crippen LogP contribution in [-0.2, 0) is 0 Å². The van der Waals surface area contributed by atoms with E-state index in [9.17, 15) is 0 Å². The molecule has 0 radical (unpaired) electrons. The maximum atomic E-state index is 6.23. The zero-order chi connectivity index (χ0) is 14.1. The fourth-order valence-electron chi connectivity index (χ4n) is 1.97. The predicted octanol–water partition coefficient (Wildman–Crippen LogP) is 5.60. The van der Waals surface area contributed by atoms with Gasteiger partial charge >= 0.3 is 0 Å². The van der Waals surface area contributed by atoms with Crippen LogP contribution in [0.3, 0.4) is 0 Å². The van der Waals surface area contributed by atoms with Crippen LogP contribution in [0.2, 0.25) is 10.0 Å². The first-order valence-corrected chi connectivity index (χ1v) is 7.06. The van der Waals surface area contributed by atoms with Crippen LogP contribution in [0.5, 0.6) is 0 Å². The van der Waals surface area contributed by atoms with Crippen molar-refractivity contribution in [2.75, 3.05) is 0 Å². The first kappa shape index (κ1) is 13.6. The summed E-state index contributed by atoms with van der Waals surface area (Å²) in [6.45, 7) is 0. The maximum absolute atomic E-state index is 6.23. The fourth-order valence-corrected chi connectivity index (χ4v) is 2.61. The lowest BCUT2D eigenvalue weighted by Gasteiger charge is -2.04. The first-order chi connectivity index (χ1) is 9.66. The summed E-state index contributed by atoms with van der Waals surface area (Å²) in [5.41, 5.74) is 2.18. The molecule has 100 valence electrons. The number of aromatic nitrogens is 1. The van der Waals surface area contributed by atoms with E-state index in [4.69, 9.17) is 27.6 Å². The summed E-state index contributed by atoms with van der Waals surface area (Å²) >= 11 is 16.6. The van der Waals surface area contributed by atoms with E-state index >= 15 is 0 Å². The highest BCUT2D eigenvalue weighted by molar-refractivity contribution is 7.80. The van der Waals surface area contributed by atoms with E-state index < -0.39 is 0 Å². The van der Waals surface area contributed by atoms with E-state index in [0.29, 0.717) is 21.5 Å². The van der Waals surface area contributed by atoms with Crippen molar-refractivity contribution in [3.8, 4) is 22.6 Å². The maximum Gasteiger partial charge on any atom is 0.253 e. The Kier molecular flexibility index (Phi) is 3.74. The zero-order valence-corrected chi connectivity index (χ0v) is 12.6. The van der Waals surface area contributed by atoms with E-state index in [1.54, 1.807) is 12.1 Å². The van der Waals surface area contributed by atoms with Crippen LogP contribution in [0.15, 0.2) is 58.2 Å². The van der Waals surface area contributed by atoms with Gasteiger partial charge in [-0.25, -0.2) is 4.98 Å². The number of hydrogen-bond donors (Lipinski definition) is 1. The van der Waals surface area contributed by atoms with E-state index in [0.717, 1.165) is 11.1 Å². The Hall–Kier alpha value is -1.42. The van der Waals surface area contributed by atoms with Crippen molar-refractivity contribution in [3.05, 3.63) is 58.6 Å². The SMILES string of the molecule is Sc1nc(-c2ccccc2Cl)c(-c2ccccc2Cl)o1. The Morgan fingerprint density at radius 1 is 0.850 bits per heavy atom. The van der Waals surface area contributed by atoms with E-state index in [1.807, 2.05) is 36.4 Å². The molecule has 3 aromatic rings. The minimum atomic E-state index is 0.273. The lowest BCUT2D eigenvalue weighted by atomic mass is 10.1. The van der Waals surface area contributed by atoms with Crippen LogP contribution in [-0.4, -0.2) is 4.98 Å². The van der Waals surface area contributed by atoms with Gasteiger partial charge in [0.05, 0.1) is 10.0 Å². The van der Waals surface area contributed by atoms with Gasteiger partial charge in [-0.2, -0.15) is 0 Å². The molecule has 0 amide bonds. The third kappa shape index (κ3) is 2.44. The molecule has 2 nitrogen and oxygen atoms in total. The monoisotopic (exact) mass is 321 g/mol. The van der Waals surface area contributed by atoms with Crippen molar-refractivity contribution >= 4 is 35.8 Å². The molecule has 0 saturated carbocycles. The second-order valence-electron chi connectivity index (χ2n) is 4.13. The molecule has 20 heavy (non-hydrogen) atoms. The molecule has 2 aromatic carbocycles. The van der Waals surface area contributed by atoms with Crippen molar-refractivity contribution in [2.24, 2.45) is 0 Å². The molecule has 0 aliphatic rings. The van der Waals surface area contributed by atoms with Gasteiger partial charge in [-0.3, -0.25) is 0 Å². The molecule has 0 saturated heterocycles. The van der Waals surface area contributed by atoms with Crippen molar-refractivity contribution in [3.63, 3.8) is 0 Å². The third-order valence-electron chi connectivity index (χ3n) is 2.86. The Balaban J connectivity index is 2.25. The van der Waals surface area contributed by atoms with Gasteiger partial charge in [-0.1, -0.05) is 66.2 Å². The Morgan fingerprint density at radius 2 is 1.40 bits per heavy atom. The predicted molar refractivity (Wildman–Crippen MR) is 84.6 cm³/mol. The van der Waals surface area contributed by atoms with Crippen molar-refractivity contribution in [1.82, 2.24) is 4.98 Å². The fraction of sp³-hybridized carbons (Fsp3) is 0. The first-order valence-electron chi connectivity index (χ1n) is 5.86. The summed E-state index contributed by atoms with van der Waals surface area (Å²) in [6, 6.07) is 14.9. The Labute approximate surface area is 131 Å². The average molecular weight is 322 g/mol. The van der Waals surface area contributed by atoms with E-state index in [1.165, 1.54) is 0 Å². The quantitative estimate of drug-likeness (QED) is 0.621. The van der Waals surface area contributed by atoms with Gasteiger partial charge < -0.3 is 4.42 Å². The summed E-state index contributed by atoms with van der Waals surface area (Å²) in [5, 5.41) is 1.46. The molecule has 1 heterocycles. The second kappa shape index (κ2) is 5.52. The highest BCUT2D eigenvalue weighted by atomic mass is 35.5. The molecule has 0 spiro atoms. The number of nitrogens with zero attached hydrogens (tertiary/aromatic N) is 1. The topological polar surface area (TPSA) is 26.0 Å². The summed E-state index contributed by atoms with van der Waals surface area (Å²) in [6.07, 6.45) is 0. The highest BCUT2D eigenvalue weighted by Gasteiger charge is 2.19. The van der Waals surface area contributed by atoms with Gasteiger partial charge in [0.1, 0.15) is 5.69 Å². The molecular weight excluding hydrogens is 313 g/mol. The van der Waals surface area contributed by atoms with E-state index in [-0.39, 0.29) is 5.22 Å². The average Bonchev–Trinajstić information content (AvgIpc) is 2.81. The molecule has 1 aromatic heterocycles. The molecule has 0 fully saturated rings. The van der Waals surface area contributed by atoms with Crippen molar-refractivity contribution in [1.29, 1.82) is 0 Å². The Morgan fingerprint density at radius 3 is 2.00 bits per heavy atom. The summed E-state index contributed by atoms with van der Waals surface area (Å²) in [5.74, 6) is 0.564.